The van der Waals surface area contributed by atoms with Gasteiger partial charge >= 0.3 is 0 Å². The average molecular weight is 504 g/mol. The summed E-state index contributed by atoms with van der Waals surface area (Å²) in [5.41, 5.74) is 0. The van der Waals surface area contributed by atoms with E-state index in [1.54, 1.807) is 0 Å². The van der Waals surface area contributed by atoms with E-state index in [9.17, 15) is 46.0 Å². The Morgan fingerprint density at radius 1 is 0.588 bits per heavy atom. The van der Waals surface area contributed by atoms with E-state index in [2.05, 4.69) is 0 Å². The number of ether oxygens (including phenoxy) is 5. The molecule has 3 fully saturated rings. The van der Waals surface area contributed by atoms with Crippen LogP contribution in [0.5, 0.6) is 0 Å². The van der Waals surface area contributed by atoms with Crippen LogP contribution in [-0.2, 0) is 23.7 Å². The Bertz CT molecular complexity index is 641. The largest absolute Gasteiger partial charge is 0.394 e. The topological polar surface area (TPSA) is 269 Å². The molecule has 0 unspecified atom stereocenters. The van der Waals surface area contributed by atoms with Crippen molar-refractivity contribution in [2.75, 3.05) is 19.8 Å². The molecule has 0 aromatic heterocycles. The zero-order valence-electron chi connectivity index (χ0n) is 17.7. The number of hydrogen-bond donors (Lipinski definition) is 11. The predicted octanol–water partition coefficient (Wildman–Crippen LogP) is -7.57. The van der Waals surface area contributed by atoms with Crippen molar-refractivity contribution >= 4 is 0 Å². The molecule has 3 rings (SSSR count). The lowest BCUT2D eigenvalue weighted by molar-refractivity contribution is -0.372. The highest BCUT2D eigenvalue weighted by atomic mass is 16.8. The maximum absolute atomic E-state index is 10.7. The highest BCUT2D eigenvalue weighted by Crippen LogP contribution is 2.32. The van der Waals surface area contributed by atoms with E-state index >= 15 is 0 Å². The highest BCUT2D eigenvalue weighted by Gasteiger charge is 2.54. The summed E-state index contributed by atoms with van der Waals surface area (Å²) in [4.78, 5) is 0. The first-order chi connectivity index (χ1) is 16.0. The Balaban J connectivity index is 1.74. The van der Waals surface area contributed by atoms with Gasteiger partial charge in [0, 0.05) is 0 Å². The van der Waals surface area contributed by atoms with E-state index in [0.29, 0.717) is 0 Å². The molecule has 3 saturated heterocycles. The van der Waals surface area contributed by atoms with Crippen molar-refractivity contribution in [2.45, 2.75) is 92.1 Å². The fourth-order valence-electron chi connectivity index (χ4n) is 4.06. The van der Waals surface area contributed by atoms with Crippen LogP contribution in [0.3, 0.4) is 0 Å². The second kappa shape index (κ2) is 11.6. The van der Waals surface area contributed by atoms with Crippen LogP contribution in [0.1, 0.15) is 0 Å². The zero-order valence-corrected chi connectivity index (χ0v) is 17.7. The molecule has 16 heteroatoms. The average Bonchev–Trinajstić information content (AvgIpc) is 3.10. The first kappa shape index (κ1) is 27.9. The van der Waals surface area contributed by atoms with Crippen molar-refractivity contribution in [1.29, 1.82) is 0 Å². The fraction of sp³-hybridized carbons (Fsp3) is 1.00. The van der Waals surface area contributed by atoms with E-state index < -0.39 is 112 Å². The molecule has 11 N–H and O–H groups in total. The summed E-state index contributed by atoms with van der Waals surface area (Å²) in [7, 11) is 0. The van der Waals surface area contributed by atoms with E-state index in [-0.39, 0.29) is 0 Å². The predicted molar refractivity (Wildman–Crippen MR) is 101 cm³/mol. The molecule has 0 aromatic carbocycles. The minimum Gasteiger partial charge on any atom is -0.394 e. The summed E-state index contributed by atoms with van der Waals surface area (Å²) in [6, 6.07) is 0. The molecule has 15 atom stereocenters. The van der Waals surface area contributed by atoms with Crippen molar-refractivity contribution in [2.24, 2.45) is 0 Å². The van der Waals surface area contributed by atoms with Crippen LogP contribution >= 0.6 is 0 Å². The van der Waals surface area contributed by atoms with Gasteiger partial charge in [-0.25, -0.2) is 0 Å². The van der Waals surface area contributed by atoms with Gasteiger partial charge < -0.3 is 79.9 Å². The number of aliphatic hydroxyl groups excluding tert-OH is 11. The minimum atomic E-state index is -1.90. The van der Waals surface area contributed by atoms with Gasteiger partial charge in [0.05, 0.1) is 19.8 Å². The third kappa shape index (κ3) is 5.37. The van der Waals surface area contributed by atoms with Gasteiger partial charge in [-0.15, -0.1) is 0 Å². The highest BCUT2D eigenvalue weighted by molar-refractivity contribution is 4.96. The zero-order chi connectivity index (χ0) is 25.3. The summed E-state index contributed by atoms with van der Waals surface area (Å²) in [6.45, 7) is -2.33. The first-order valence-electron chi connectivity index (χ1n) is 10.6. The number of hydrogen-bond acceptors (Lipinski definition) is 16. The van der Waals surface area contributed by atoms with Gasteiger partial charge in [0.15, 0.2) is 18.9 Å². The van der Waals surface area contributed by atoms with Crippen LogP contribution < -0.4 is 0 Å². The molecule has 3 heterocycles. The van der Waals surface area contributed by atoms with Crippen LogP contribution in [-0.4, -0.2) is 168 Å². The van der Waals surface area contributed by atoms with E-state index in [0.717, 1.165) is 0 Å². The second-order valence-corrected chi connectivity index (χ2v) is 8.34. The standard InChI is InChI=1S/C18H32O16/c19-1-4(22)13-10(26)11(27)17(32-13)33-14-8(24)6(3-21)31-18(12(14)28)34-15-9(25)7(23)5(2-20)30-16(15)29/h4-29H,1-3H2/t4-,5-,6-,7-,8-,9+,10-,11-,12+,13+,14+,15+,16+,17+,18-/m1/s1. The fourth-order valence-corrected chi connectivity index (χ4v) is 4.06. The summed E-state index contributed by atoms with van der Waals surface area (Å²) in [5.74, 6) is 0. The van der Waals surface area contributed by atoms with Crippen molar-refractivity contribution in [3.8, 4) is 0 Å². The van der Waals surface area contributed by atoms with Gasteiger partial charge in [0.1, 0.15) is 73.2 Å². The molecule has 0 aromatic rings. The molecule has 200 valence electrons. The maximum Gasteiger partial charge on any atom is 0.187 e. The van der Waals surface area contributed by atoms with Gasteiger partial charge in [-0.2, -0.15) is 0 Å². The third-order valence-corrected chi connectivity index (χ3v) is 6.07. The van der Waals surface area contributed by atoms with Gasteiger partial charge in [0.25, 0.3) is 0 Å². The quantitative estimate of drug-likeness (QED) is 0.146. The lowest BCUT2D eigenvalue weighted by Gasteiger charge is -2.46. The molecule has 3 aliphatic rings. The molecule has 0 radical (unpaired) electrons. The number of aliphatic hydroxyl groups is 11. The first-order valence-corrected chi connectivity index (χ1v) is 10.6. The Hall–Kier alpha value is -0.640. The molecular formula is C18H32O16. The molecule has 0 bridgehead atoms. The van der Waals surface area contributed by atoms with Crippen molar-refractivity contribution in [3.05, 3.63) is 0 Å². The summed E-state index contributed by atoms with van der Waals surface area (Å²) < 4.78 is 26.2. The van der Waals surface area contributed by atoms with Crippen LogP contribution in [0.15, 0.2) is 0 Å². The maximum atomic E-state index is 10.7. The van der Waals surface area contributed by atoms with Crippen LogP contribution in [0.4, 0.5) is 0 Å². The van der Waals surface area contributed by atoms with E-state index in [1.807, 2.05) is 0 Å². The lowest BCUT2D eigenvalue weighted by Crippen LogP contribution is -2.65. The minimum absolute atomic E-state index is 0.721. The Morgan fingerprint density at radius 2 is 1.15 bits per heavy atom. The number of rotatable bonds is 8. The van der Waals surface area contributed by atoms with Crippen LogP contribution in [0.2, 0.25) is 0 Å². The smallest absolute Gasteiger partial charge is 0.187 e. The normalized spacial score (nSPS) is 50.9. The Kier molecular flexibility index (Phi) is 9.54. The second-order valence-electron chi connectivity index (χ2n) is 8.34. The van der Waals surface area contributed by atoms with Crippen molar-refractivity contribution < 1.29 is 79.9 Å². The van der Waals surface area contributed by atoms with Crippen LogP contribution in [0, 0.1) is 0 Å². The van der Waals surface area contributed by atoms with E-state index in [4.69, 9.17) is 33.9 Å². The molecule has 0 aliphatic carbocycles. The summed E-state index contributed by atoms with van der Waals surface area (Å²) in [6.07, 6.45) is -25.1. The molecule has 34 heavy (non-hydrogen) atoms. The molecule has 0 amide bonds. The Labute approximate surface area is 192 Å². The molecule has 3 aliphatic heterocycles. The van der Waals surface area contributed by atoms with Crippen molar-refractivity contribution in [1.82, 2.24) is 0 Å². The van der Waals surface area contributed by atoms with Gasteiger partial charge in [-0.1, -0.05) is 0 Å². The summed E-state index contributed by atoms with van der Waals surface area (Å²) in [5, 5.41) is 109. The lowest BCUT2D eigenvalue weighted by atomic mass is 9.97. The van der Waals surface area contributed by atoms with Gasteiger partial charge in [0.2, 0.25) is 0 Å². The summed E-state index contributed by atoms with van der Waals surface area (Å²) >= 11 is 0. The molecule has 0 saturated carbocycles. The van der Waals surface area contributed by atoms with Crippen molar-refractivity contribution in [3.63, 3.8) is 0 Å². The van der Waals surface area contributed by atoms with Crippen LogP contribution in [0.25, 0.3) is 0 Å². The molecule has 0 spiro atoms. The molecule has 16 nitrogen and oxygen atoms in total. The van der Waals surface area contributed by atoms with Gasteiger partial charge in [-0.05, 0) is 0 Å². The monoisotopic (exact) mass is 504 g/mol. The molecular weight excluding hydrogens is 472 g/mol. The van der Waals surface area contributed by atoms with E-state index in [1.165, 1.54) is 0 Å². The Morgan fingerprint density at radius 3 is 1.74 bits per heavy atom. The third-order valence-electron chi connectivity index (χ3n) is 6.07. The van der Waals surface area contributed by atoms with Gasteiger partial charge in [-0.3, -0.25) is 0 Å². The SMILES string of the molecule is OC[C@@H](O)[C@@H]1O[C@@H](O[C@@H]2[C@H](O)[C@@H](O[C@H]3[C@@H](O)[C@H](O)[C@@H](CO)O[C@@H]3O)O[C@H](CO)[C@H]2O)[C@H](O)[C@H]1O.